The summed E-state index contributed by atoms with van der Waals surface area (Å²) in [7, 11) is 0. The minimum atomic E-state index is 0. The van der Waals surface area contributed by atoms with Crippen LogP contribution in [0.3, 0.4) is 0 Å². The van der Waals surface area contributed by atoms with E-state index in [0.717, 1.165) is 6.54 Å². The van der Waals surface area contributed by atoms with Crippen molar-refractivity contribution in [1.82, 2.24) is 0 Å². The van der Waals surface area contributed by atoms with Crippen molar-refractivity contribution in [3.05, 3.63) is 83.6 Å². The molecule has 0 bridgehead atoms. The topological polar surface area (TPSA) is 3.24 Å². The molecule has 2 aromatic carbocycles. The van der Waals surface area contributed by atoms with Crippen molar-refractivity contribution >= 4 is 17.0 Å². The number of nitrogens with zero attached hydrogens (tertiary/aromatic N) is 1. The predicted octanol–water partition coefficient (Wildman–Crippen LogP) is 6.32. The molecule has 1 fully saturated rings. The van der Waals surface area contributed by atoms with E-state index in [2.05, 4.69) is 91.2 Å². The molecule has 1 aliphatic rings. The quantitative estimate of drug-likeness (QED) is 0.425. The predicted molar refractivity (Wildman–Crippen MR) is 110 cm³/mol. The summed E-state index contributed by atoms with van der Waals surface area (Å²) in [4.78, 5) is 3.72. The molecule has 3 aromatic rings. The Bertz CT molecular complexity index is 758. The number of thiophene rings is 1. The summed E-state index contributed by atoms with van der Waals surface area (Å²) in [6.07, 6.45) is 4.94. The molecule has 0 saturated carbocycles. The Morgan fingerprint density at radius 1 is 1.00 bits per heavy atom. The summed E-state index contributed by atoms with van der Waals surface area (Å²) in [6.45, 7) is 6.51. The first-order chi connectivity index (χ1) is 12.2. The molecule has 2 heterocycles. The van der Waals surface area contributed by atoms with Gasteiger partial charge in [-0.1, -0.05) is 66.9 Å². The van der Waals surface area contributed by atoms with E-state index in [1.807, 2.05) is 0 Å². The molecular formula is C23H25NSY-2. The number of benzene rings is 2. The van der Waals surface area contributed by atoms with Gasteiger partial charge in [-0.3, -0.25) is 11.3 Å². The normalized spacial score (nSPS) is 13.4. The molecule has 1 nitrogen and oxygen atoms in total. The van der Waals surface area contributed by atoms with Gasteiger partial charge in [0.05, 0.1) is 0 Å². The summed E-state index contributed by atoms with van der Waals surface area (Å²) < 4.78 is 0. The molecule has 1 saturated heterocycles. The van der Waals surface area contributed by atoms with E-state index in [1.54, 1.807) is 11.3 Å². The van der Waals surface area contributed by atoms with Gasteiger partial charge >= 0.3 is 0 Å². The number of piperidine rings is 1. The summed E-state index contributed by atoms with van der Waals surface area (Å²) >= 11 is 1.68. The van der Waals surface area contributed by atoms with Gasteiger partial charge in [-0.05, 0) is 19.1 Å². The molecule has 0 atom stereocenters. The molecule has 0 unspecified atom stereocenters. The van der Waals surface area contributed by atoms with E-state index in [4.69, 9.17) is 0 Å². The Labute approximate surface area is 187 Å². The van der Waals surface area contributed by atoms with Crippen molar-refractivity contribution in [3.63, 3.8) is 0 Å². The molecule has 1 aliphatic heterocycles. The van der Waals surface area contributed by atoms with Crippen LogP contribution in [0.25, 0.3) is 10.4 Å². The van der Waals surface area contributed by atoms with Crippen molar-refractivity contribution in [3.8, 4) is 10.4 Å². The number of para-hydroxylation sites is 1. The maximum atomic E-state index is 3.22. The van der Waals surface area contributed by atoms with Gasteiger partial charge in [-0.25, -0.2) is 0 Å². The second-order valence-electron chi connectivity index (χ2n) is 6.47. The smallest absolute Gasteiger partial charge is 0.0341 e. The SMILES string of the molecule is Cc1[c-]sc(-c2ccc(C)cc2)c1.[Y].c1ccc(N2C[CH-]CCC2)cc1. The van der Waals surface area contributed by atoms with Crippen molar-refractivity contribution in [2.45, 2.75) is 26.7 Å². The van der Waals surface area contributed by atoms with E-state index in [1.165, 1.54) is 46.6 Å². The molecule has 1 radical (unpaired) electrons. The average Bonchev–Trinajstić information content (AvgIpc) is 3.11. The van der Waals surface area contributed by atoms with Crippen LogP contribution in [0.2, 0.25) is 0 Å². The van der Waals surface area contributed by atoms with Gasteiger partial charge in [0.25, 0.3) is 0 Å². The molecule has 0 aliphatic carbocycles. The minimum absolute atomic E-state index is 0. The fourth-order valence-corrected chi connectivity index (χ4v) is 3.71. The molecule has 0 N–H and O–H groups in total. The third-order valence-electron chi connectivity index (χ3n) is 4.31. The van der Waals surface area contributed by atoms with E-state index in [0.29, 0.717) is 0 Å². The molecule has 4 rings (SSSR count). The van der Waals surface area contributed by atoms with Crippen LogP contribution >= 0.6 is 11.3 Å². The van der Waals surface area contributed by atoms with Crippen molar-refractivity contribution in [2.75, 3.05) is 18.0 Å². The Balaban J connectivity index is 0.000000180. The molecule has 0 spiro atoms. The van der Waals surface area contributed by atoms with Gasteiger partial charge in [-0.2, -0.15) is 18.1 Å². The van der Waals surface area contributed by atoms with Gasteiger partial charge < -0.3 is 11.3 Å². The first-order valence-corrected chi connectivity index (χ1v) is 9.71. The number of rotatable bonds is 2. The molecule has 1 aromatic heterocycles. The van der Waals surface area contributed by atoms with Crippen LogP contribution in [0, 0.1) is 25.6 Å². The van der Waals surface area contributed by atoms with Crippen LogP contribution in [0.15, 0.2) is 60.7 Å². The third kappa shape index (κ3) is 6.33. The second kappa shape index (κ2) is 11.0. The first-order valence-electron chi connectivity index (χ1n) is 8.89. The fourth-order valence-electron chi connectivity index (χ4n) is 2.89. The number of anilines is 1. The largest absolute Gasteiger partial charge is 0.401 e. The van der Waals surface area contributed by atoms with E-state index < -0.39 is 0 Å². The maximum absolute atomic E-state index is 3.22. The Morgan fingerprint density at radius 3 is 2.31 bits per heavy atom. The van der Waals surface area contributed by atoms with Crippen LogP contribution in [-0.2, 0) is 32.7 Å². The Morgan fingerprint density at radius 2 is 1.73 bits per heavy atom. The van der Waals surface area contributed by atoms with Crippen LogP contribution in [0.5, 0.6) is 0 Å². The van der Waals surface area contributed by atoms with E-state index in [-0.39, 0.29) is 32.7 Å². The van der Waals surface area contributed by atoms with Gasteiger partial charge in [-0.15, -0.1) is 16.8 Å². The molecule has 3 heteroatoms. The zero-order valence-corrected chi connectivity index (χ0v) is 19.3. The summed E-state index contributed by atoms with van der Waals surface area (Å²) in [5.41, 5.74) is 5.18. The van der Waals surface area contributed by atoms with Crippen LogP contribution < -0.4 is 4.90 Å². The fraction of sp³-hybridized carbons (Fsp3) is 0.261. The third-order valence-corrected chi connectivity index (χ3v) is 5.31. The van der Waals surface area contributed by atoms with Crippen LogP contribution in [0.4, 0.5) is 5.69 Å². The zero-order chi connectivity index (χ0) is 17.5. The van der Waals surface area contributed by atoms with Crippen molar-refractivity contribution in [1.29, 1.82) is 0 Å². The molecule has 133 valence electrons. The Kier molecular flexibility index (Phi) is 9.04. The number of hydrogen-bond donors (Lipinski definition) is 0. The number of hydrogen-bond acceptors (Lipinski definition) is 2. The summed E-state index contributed by atoms with van der Waals surface area (Å²) in [6, 6.07) is 21.4. The zero-order valence-electron chi connectivity index (χ0n) is 15.6. The van der Waals surface area contributed by atoms with Gasteiger partial charge in [0, 0.05) is 44.9 Å². The van der Waals surface area contributed by atoms with Crippen molar-refractivity contribution in [2.24, 2.45) is 0 Å². The van der Waals surface area contributed by atoms with Crippen molar-refractivity contribution < 1.29 is 32.7 Å². The number of aryl methyl sites for hydroxylation is 2. The van der Waals surface area contributed by atoms with Gasteiger partial charge in [0.1, 0.15) is 0 Å². The first kappa shape index (κ1) is 21.3. The van der Waals surface area contributed by atoms with E-state index >= 15 is 0 Å². The molecule has 0 amide bonds. The maximum Gasteiger partial charge on any atom is 0.0341 e. The average molecular weight is 436 g/mol. The summed E-state index contributed by atoms with van der Waals surface area (Å²) in [5.74, 6) is 0. The standard InChI is InChI=1S/C12H11S.C11H14N.Y/c1-9-3-5-11(6-4-9)12-7-10(2)8-13-12;1-3-7-11(8-4-1)12-9-5-2-6-10-12;/h3-7H,1-2H3;1,3-5,7-8H,2,6,9-10H2;/q2*-1;. The second-order valence-corrected chi connectivity index (χ2v) is 7.32. The Hall–Kier alpha value is -0.956. The van der Waals surface area contributed by atoms with Gasteiger partial charge in [0.2, 0.25) is 0 Å². The van der Waals surface area contributed by atoms with Crippen LogP contribution in [0.1, 0.15) is 24.0 Å². The summed E-state index contributed by atoms with van der Waals surface area (Å²) in [5, 5.41) is 3.22. The molecule has 26 heavy (non-hydrogen) atoms. The monoisotopic (exact) mass is 436 g/mol. The minimum Gasteiger partial charge on any atom is -0.401 e. The molecular weight excluding hydrogens is 411 g/mol. The van der Waals surface area contributed by atoms with Crippen LogP contribution in [-0.4, -0.2) is 13.1 Å². The van der Waals surface area contributed by atoms with Gasteiger partial charge in [0.15, 0.2) is 0 Å². The van der Waals surface area contributed by atoms with E-state index in [9.17, 15) is 0 Å².